The van der Waals surface area contributed by atoms with Crippen LogP contribution >= 0.6 is 0 Å². The molecule has 5 nitrogen and oxygen atoms in total. The first-order valence-electron chi connectivity index (χ1n) is 6.13. The molecule has 0 aliphatic carbocycles. The van der Waals surface area contributed by atoms with Crippen LogP contribution in [0.1, 0.15) is 27.7 Å². The quantitative estimate of drug-likeness (QED) is 0.622. The molecular formula is C13H20N2O3. The number of hydrogen-bond donors (Lipinski definition) is 1. The van der Waals surface area contributed by atoms with E-state index in [9.17, 15) is 10.1 Å². The molecule has 100 valence electrons. The number of anilines is 1. The summed E-state index contributed by atoms with van der Waals surface area (Å²) < 4.78 is 5.27. The van der Waals surface area contributed by atoms with Crippen LogP contribution in [0.3, 0.4) is 0 Å². The van der Waals surface area contributed by atoms with Gasteiger partial charge in [0.2, 0.25) is 0 Å². The molecule has 0 bridgehead atoms. The summed E-state index contributed by atoms with van der Waals surface area (Å²) in [4.78, 5) is 10.6. The van der Waals surface area contributed by atoms with Gasteiger partial charge < -0.3 is 10.1 Å². The van der Waals surface area contributed by atoms with Crippen molar-refractivity contribution < 1.29 is 9.66 Å². The van der Waals surface area contributed by atoms with Crippen LogP contribution in [-0.2, 0) is 0 Å². The van der Waals surface area contributed by atoms with E-state index < -0.39 is 4.92 Å². The lowest BCUT2D eigenvalue weighted by Gasteiger charge is -2.19. The summed E-state index contributed by atoms with van der Waals surface area (Å²) in [5, 5.41) is 14.2. The van der Waals surface area contributed by atoms with Gasteiger partial charge in [0.05, 0.1) is 17.6 Å². The molecule has 1 atom stereocenters. The first kappa shape index (κ1) is 14.3. The highest BCUT2D eigenvalue weighted by Crippen LogP contribution is 2.30. The number of nitro benzene ring substituents is 1. The third-order valence-corrected chi connectivity index (χ3v) is 2.86. The summed E-state index contributed by atoms with van der Waals surface area (Å²) in [7, 11) is 0. The molecule has 0 heterocycles. The van der Waals surface area contributed by atoms with Crippen molar-refractivity contribution in [3.05, 3.63) is 28.3 Å². The Labute approximate surface area is 107 Å². The number of nitrogens with zero attached hydrogens (tertiary/aromatic N) is 1. The Morgan fingerprint density at radius 3 is 2.56 bits per heavy atom. The van der Waals surface area contributed by atoms with Crippen LogP contribution in [-0.4, -0.2) is 17.6 Å². The first-order chi connectivity index (χ1) is 8.45. The third-order valence-electron chi connectivity index (χ3n) is 2.86. The fourth-order valence-corrected chi connectivity index (χ4v) is 1.45. The average Bonchev–Trinajstić information content (AvgIpc) is 2.30. The number of nitro groups is 1. The van der Waals surface area contributed by atoms with Crippen molar-refractivity contribution in [3.63, 3.8) is 0 Å². The molecular weight excluding hydrogens is 232 g/mol. The Hall–Kier alpha value is -1.78. The molecule has 1 rings (SSSR count). The largest absolute Gasteiger partial charge is 0.494 e. The van der Waals surface area contributed by atoms with Gasteiger partial charge in [0.1, 0.15) is 11.4 Å². The van der Waals surface area contributed by atoms with Crippen molar-refractivity contribution in [2.24, 2.45) is 5.92 Å². The standard InChI is InChI=1S/C13H20N2O3/c1-5-18-11-6-7-12(13(8-11)15(16)17)14-10(4)9(2)3/h6-10,14H,5H2,1-4H3. The van der Waals surface area contributed by atoms with Crippen LogP contribution in [0, 0.1) is 16.0 Å². The number of rotatable bonds is 6. The summed E-state index contributed by atoms with van der Waals surface area (Å²) in [6.07, 6.45) is 0. The topological polar surface area (TPSA) is 64.4 Å². The molecule has 0 aliphatic heterocycles. The van der Waals surface area contributed by atoms with Crippen LogP contribution in [0.15, 0.2) is 18.2 Å². The van der Waals surface area contributed by atoms with E-state index >= 15 is 0 Å². The smallest absolute Gasteiger partial charge is 0.296 e. The molecule has 5 heteroatoms. The zero-order valence-corrected chi connectivity index (χ0v) is 11.3. The van der Waals surface area contributed by atoms with E-state index in [0.29, 0.717) is 24.0 Å². The predicted molar refractivity (Wildman–Crippen MR) is 72.2 cm³/mol. The average molecular weight is 252 g/mol. The molecule has 0 radical (unpaired) electrons. The van der Waals surface area contributed by atoms with E-state index in [0.717, 1.165) is 0 Å². The molecule has 0 aromatic heterocycles. The minimum atomic E-state index is -0.391. The van der Waals surface area contributed by atoms with Gasteiger partial charge >= 0.3 is 0 Å². The second-order valence-electron chi connectivity index (χ2n) is 4.55. The Morgan fingerprint density at radius 1 is 1.39 bits per heavy atom. The molecule has 0 saturated carbocycles. The zero-order valence-electron chi connectivity index (χ0n) is 11.3. The molecule has 0 spiro atoms. The van der Waals surface area contributed by atoms with Gasteiger partial charge in [-0.15, -0.1) is 0 Å². The van der Waals surface area contributed by atoms with Crippen molar-refractivity contribution in [1.29, 1.82) is 0 Å². The van der Waals surface area contributed by atoms with Gasteiger partial charge in [-0.25, -0.2) is 0 Å². The fraction of sp³-hybridized carbons (Fsp3) is 0.538. The fourth-order valence-electron chi connectivity index (χ4n) is 1.45. The third kappa shape index (κ3) is 3.61. The highest BCUT2D eigenvalue weighted by Gasteiger charge is 2.17. The monoisotopic (exact) mass is 252 g/mol. The zero-order chi connectivity index (χ0) is 13.7. The van der Waals surface area contributed by atoms with Crippen LogP contribution < -0.4 is 10.1 Å². The second-order valence-corrected chi connectivity index (χ2v) is 4.55. The maximum absolute atomic E-state index is 11.0. The van der Waals surface area contributed by atoms with Crippen LogP contribution in [0.2, 0.25) is 0 Å². The Morgan fingerprint density at radius 2 is 2.06 bits per heavy atom. The lowest BCUT2D eigenvalue weighted by atomic mass is 10.1. The second kappa shape index (κ2) is 6.23. The van der Waals surface area contributed by atoms with Crippen molar-refractivity contribution in [2.45, 2.75) is 33.7 Å². The van der Waals surface area contributed by atoms with E-state index in [1.165, 1.54) is 6.07 Å². The summed E-state index contributed by atoms with van der Waals surface area (Å²) in [5.74, 6) is 0.920. The van der Waals surface area contributed by atoms with Gasteiger partial charge in [-0.1, -0.05) is 13.8 Å². The summed E-state index contributed by atoms with van der Waals surface area (Å²) >= 11 is 0. The highest BCUT2D eigenvalue weighted by molar-refractivity contribution is 5.64. The van der Waals surface area contributed by atoms with Gasteiger partial charge in [0.15, 0.2) is 0 Å². The van der Waals surface area contributed by atoms with Crippen LogP contribution in [0.5, 0.6) is 5.75 Å². The SMILES string of the molecule is CCOc1ccc(NC(C)C(C)C)c([N+](=O)[O-])c1. The van der Waals surface area contributed by atoms with Crippen molar-refractivity contribution in [1.82, 2.24) is 0 Å². The summed E-state index contributed by atoms with van der Waals surface area (Å²) in [6.45, 7) is 8.48. The minimum absolute atomic E-state index is 0.0495. The van der Waals surface area contributed by atoms with E-state index in [2.05, 4.69) is 19.2 Å². The molecule has 1 aromatic rings. The molecule has 0 fully saturated rings. The summed E-state index contributed by atoms with van der Waals surface area (Å²) in [6, 6.07) is 5.06. The molecule has 1 unspecified atom stereocenters. The van der Waals surface area contributed by atoms with E-state index in [-0.39, 0.29) is 11.7 Å². The van der Waals surface area contributed by atoms with Crippen molar-refractivity contribution in [3.8, 4) is 5.75 Å². The maximum Gasteiger partial charge on any atom is 0.296 e. The maximum atomic E-state index is 11.0. The van der Waals surface area contributed by atoms with Gasteiger partial charge in [0.25, 0.3) is 5.69 Å². The Bertz CT molecular complexity index is 419. The highest BCUT2D eigenvalue weighted by atomic mass is 16.6. The molecule has 1 N–H and O–H groups in total. The molecule has 0 aliphatic rings. The normalized spacial score (nSPS) is 12.3. The predicted octanol–water partition coefficient (Wildman–Crippen LogP) is 3.45. The van der Waals surface area contributed by atoms with Crippen LogP contribution in [0.4, 0.5) is 11.4 Å². The molecule has 0 saturated heterocycles. The van der Waals surface area contributed by atoms with Gasteiger partial charge in [-0.2, -0.15) is 0 Å². The Kier molecular flexibility index (Phi) is 4.95. The van der Waals surface area contributed by atoms with E-state index in [1.807, 2.05) is 13.8 Å². The van der Waals surface area contributed by atoms with E-state index in [1.54, 1.807) is 12.1 Å². The number of ether oxygens (including phenoxy) is 1. The first-order valence-corrected chi connectivity index (χ1v) is 6.13. The molecule has 0 amide bonds. The van der Waals surface area contributed by atoms with Crippen molar-refractivity contribution >= 4 is 11.4 Å². The van der Waals surface area contributed by atoms with Gasteiger partial charge in [0, 0.05) is 6.04 Å². The molecule has 18 heavy (non-hydrogen) atoms. The van der Waals surface area contributed by atoms with Gasteiger partial charge in [-0.05, 0) is 31.9 Å². The minimum Gasteiger partial charge on any atom is -0.494 e. The number of hydrogen-bond acceptors (Lipinski definition) is 4. The van der Waals surface area contributed by atoms with Crippen LogP contribution in [0.25, 0.3) is 0 Å². The lowest BCUT2D eigenvalue weighted by molar-refractivity contribution is -0.384. The number of benzene rings is 1. The van der Waals surface area contributed by atoms with Crippen molar-refractivity contribution in [2.75, 3.05) is 11.9 Å². The summed E-state index contributed by atoms with van der Waals surface area (Å²) in [5.41, 5.74) is 0.582. The number of nitrogens with one attached hydrogen (secondary N) is 1. The lowest BCUT2D eigenvalue weighted by Crippen LogP contribution is -2.22. The van der Waals surface area contributed by atoms with E-state index in [4.69, 9.17) is 4.74 Å². The Balaban J connectivity index is 3.00. The van der Waals surface area contributed by atoms with Gasteiger partial charge in [-0.3, -0.25) is 10.1 Å². The molecule has 1 aromatic carbocycles.